The number of aromatic amines is 1. The highest BCUT2D eigenvalue weighted by Gasteiger charge is 2.02. The molecule has 2 rings (SSSR count). The van der Waals surface area contributed by atoms with E-state index >= 15 is 0 Å². The molecule has 0 saturated carbocycles. The van der Waals surface area contributed by atoms with Crippen molar-refractivity contribution >= 4 is 11.9 Å². The quantitative estimate of drug-likeness (QED) is 0.819. The highest BCUT2D eigenvalue weighted by atomic mass is 15.4. The molecule has 1 heterocycles. The number of anilines is 2. The Morgan fingerprint density at radius 1 is 1.18 bits per heavy atom. The van der Waals surface area contributed by atoms with Gasteiger partial charge in [0.2, 0.25) is 11.9 Å². The fourth-order valence-electron chi connectivity index (χ4n) is 1.50. The third-order valence-corrected chi connectivity index (χ3v) is 2.45. The van der Waals surface area contributed by atoms with Crippen LogP contribution in [0, 0.1) is 0 Å². The summed E-state index contributed by atoms with van der Waals surface area (Å²) in [5.74, 6) is 1.47. The number of nitrogens with zero attached hydrogens (tertiary/aromatic N) is 3. The molecule has 5 heteroatoms. The molecule has 2 N–H and O–H groups in total. The molecule has 0 atom stereocenters. The van der Waals surface area contributed by atoms with E-state index in [2.05, 4.69) is 32.6 Å². The molecule has 0 amide bonds. The zero-order valence-corrected chi connectivity index (χ0v) is 10.1. The summed E-state index contributed by atoms with van der Waals surface area (Å²) in [6.45, 7) is 0.839. The van der Waals surface area contributed by atoms with Gasteiger partial charge >= 0.3 is 0 Å². The van der Waals surface area contributed by atoms with E-state index in [-0.39, 0.29) is 0 Å². The van der Waals surface area contributed by atoms with Crippen LogP contribution in [0.3, 0.4) is 0 Å². The Hall–Kier alpha value is -2.04. The molecule has 0 bridgehead atoms. The Balaban J connectivity index is 1.82. The number of nitrogens with one attached hydrogen (secondary N) is 2. The molecule has 0 unspecified atom stereocenters. The second-order valence-electron chi connectivity index (χ2n) is 4.05. The van der Waals surface area contributed by atoms with Gasteiger partial charge in [-0.1, -0.05) is 30.3 Å². The van der Waals surface area contributed by atoms with Gasteiger partial charge in [0.05, 0.1) is 0 Å². The molecule has 90 valence electrons. The summed E-state index contributed by atoms with van der Waals surface area (Å²) in [5, 5.41) is 11.2. The number of hydrogen-bond donors (Lipinski definition) is 2. The Morgan fingerprint density at radius 2 is 1.94 bits per heavy atom. The minimum atomic E-state index is 0.713. The number of hydrogen-bond acceptors (Lipinski definition) is 4. The van der Waals surface area contributed by atoms with Crippen LogP contribution >= 0.6 is 0 Å². The van der Waals surface area contributed by atoms with Crippen LogP contribution < -0.4 is 10.2 Å². The van der Waals surface area contributed by atoms with Crippen LogP contribution in [0.15, 0.2) is 30.3 Å². The summed E-state index contributed by atoms with van der Waals surface area (Å²) in [6, 6.07) is 10.4. The monoisotopic (exact) mass is 231 g/mol. The van der Waals surface area contributed by atoms with E-state index < -0.39 is 0 Å². The van der Waals surface area contributed by atoms with Crippen molar-refractivity contribution in [2.75, 3.05) is 30.9 Å². The summed E-state index contributed by atoms with van der Waals surface area (Å²) in [4.78, 5) is 4.98. The standard InChI is InChI=1S/C12H17N5/c1-17(2)12-14-11(15-16-12)13-9-8-10-6-4-3-5-7-10/h3-7H,8-9H2,1-2H3,(H2,13,14,15,16). The molecule has 0 spiro atoms. The van der Waals surface area contributed by atoms with Crippen LogP contribution in [0.4, 0.5) is 11.9 Å². The van der Waals surface area contributed by atoms with Gasteiger partial charge in [0, 0.05) is 20.6 Å². The van der Waals surface area contributed by atoms with Crippen molar-refractivity contribution in [1.29, 1.82) is 0 Å². The van der Waals surface area contributed by atoms with E-state index in [0.717, 1.165) is 18.9 Å². The lowest BCUT2D eigenvalue weighted by molar-refractivity contribution is 0.980. The van der Waals surface area contributed by atoms with E-state index in [0.29, 0.717) is 5.95 Å². The first-order valence-corrected chi connectivity index (χ1v) is 5.63. The fourth-order valence-corrected chi connectivity index (χ4v) is 1.50. The second-order valence-corrected chi connectivity index (χ2v) is 4.05. The Kier molecular flexibility index (Phi) is 3.59. The van der Waals surface area contributed by atoms with Gasteiger partial charge < -0.3 is 10.2 Å². The van der Waals surface area contributed by atoms with E-state index in [1.54, 1.807) is 0 Å². The maximum absolute atomic E-state index is 4.01. The molecule has 0 aliphatic heterocycles. The van der Waals surface area contributed by atoms with Gasteiger partial charge in [0.15, 0.2) is 0 Å². The van der Waals surface area contributed by atoms with Crippen LogP contribution in [-0.2, 0) is 6.42 Å². The summed E-state index contributed by atoms with van der Waals surface area (Å²) >= 11 is 0. The molecule has 17 heavy (non-hydrogen) atoms. The predicted molar refractivity (Wildman–Crippen MR) is 69.3 cm³/mol. The summed E-state index contributed by atoms with van der Waals surface area (Å²) in [7, 11) is 3.85. The fraction of sp³-hybridized carbons (Fsp3) is 0.333. The van der Waals surface area contributed by atoms with Crippen LogP contribution in [0.2, 0.25) is 0 Å². The van der Waals surface area contributed by atoms with Crippen LogP contribution in [0.5, 0.6) is 0 Å². The SMILES string of the molecule is CN(C)c1nnc(NCCc2ccccc2)[nH]1. The smallest absolute Gasteiger partial charge is 0.225 e. The zero-order chi connectivity index (χ0) is 12.1. The molecule has 1 aromatic heterocycles. The van der Waals surface area contributed by atoms with E-state index in [9.17, 15) is 0 Å². The van der Waals surface area contributed by atoms with Crippen molar-refractivity contribution in [3.8, 4) is 0 Å². The first-order valence-electron chi connectivity index (χ1n) is 5.63. The third-order valence-electron chi connectivity index (χ3n) is 2.45. The molecule has 1 aromatic carbocycles. The molecular formula is C12H17N5. The van der Waals surface area contributed by atoms with Crippen molar-refractivity contribution in [2.24, 2.45) is 0 Å². The van der Waals surface area contributed by atoms with Crippen LogP contribution in [0.25, 0.3) is 0 Å². The van der Waals surface area contributed by atoms with Gasteiger partial charge in [-0.2, -0.15) is 0 Å². The number of H-pyrrole nitrogens is 1. The zero-order valence-electron chi connectivity index (χ0n) is 10.1. The summed E-state index contributed by atoms with van der Waals surface area (Å²) in [5.41, 5.74) is 1.31. The van der Waals surface area contributed by atoms with E-state index in [4.69, 9.17) is 0 Å². The Labute approximate surface area is 101 Å². The number of benzene rings is 1. The maximum Gasteiger partial charge on any atom is 0.225 e. The van der Waals surface area contributed by atoms with Crippen LogP contribution in [0.1, 0.15) is 5.56 Å². The topological polar surface area (TPSA) is 56.8 Å². The molecule has 2 aromatic rings. The minimum Gasteiger partial charge on any atom is -0.354 e. The Bertz CT molecular complexity index is 449. The van der Waals surface area contributed by atoms with E-state index in [1.165, 1.54) is 5.56 Å². The second kappa shape index (κ2) is 5.34. The maximum atomic E-state index is 4.01. The third kappa shape index (κ3) is 3.21. The molecule has 5 nitrogen and oxygen atoms in total. The van der Waals surface area contributed by atoms with Crippen molar-refractivity contribution < 1.29 is 0 Å². The number of rotatable bonds is 5. The van der Waals surface area contributed by atoms with Gasteiger partial charge in [-0.25, -0.2) is 0 Å². The minimum absolute atomic E-state index is 0.713. The predicted octanol–water partition coefficient (Wildman–Crippen LogP) is 1.53. The first kappa shape index (κ1) is 11.4. The van der Waals surface area contributed by atoms with Gasteiger partial charge in [-0.15, -0.1) is 10.2 Å². The highest BCUT2D eigenvalue weighted by Crippen LogP contribution is 2.06. The molecule has 0 radical (unpaired) electrons. The lowest BCUT2D eigenvalue weighted by Crippen LogP contribution is -2.10. The lowest BCUT2D eigenvalue weighted by Gasteiger charge is -2.05. The largest absolute Gasteiger partial charge is 0.354 e. The highest BCUT2D eigenvalue weighted by molar-refractivity contribution is 5.34. The lowest BCUT2D eigenvalue weighted by atomic mass is 10.1. The number of aromatic nitrogens is 3. The molecule has 0 aliphatic rings. The van der Waals surface area contributed by atoms with E-state index in [1.807, 2.05) is 37.2 Å². The van der Waals surface area contributed by atoms with Crippen molar-refractivity contribution in [3.05, 3.63) is 35.9 Å². The first-order chi connectivity index (χ1) is 8.25. The average molecular weight is 231 g/mol. The molecule has 0 saturated heterocycles. The van der Waals surface area contributed by atoms with Gasteiger partial charge in [0.25, 0.3) is 0 Å². The van der Waals surface area contributed by atoms with Crippen molar-refractivity contribution in [2.45, 2.75) is 6.42 Å². The van der Waals surface area contributed by atoms with Gasteiger partial charge in [-0.05, 0) is 12.0 Å². The van der Waals surface area contributed by atoms with Gasteiger partial charge in [-0.3, -0.25) is 4.98 Å². The molecule has 0 fully saturated rings. The summed E-state index contributed by atoms with van der Waals surface area (Å²) in [6.07, 6.45) is 0.971. The molecule has 0 aliphatic carbocycles. The summed E-state index contributed by atoms with van der Waals surface area (Å²) < 4.78 is 0. The normalized spacial score (nSPS) is 10.2. The van der Waals surface area contributed by atoms with Crippen molar-refractivity contribution in [1.82, 2.24) is 15.2 Å². The van der Waals surface area contributed by atoms with Crippen molar-refractivity contribution in [3.63, 3.8) is 0 Å². The van der Waals surface area contributed by atoms with Crippen LogP contribution in [-0.4, -0.2) is 35.8 Å². The average Bonchev–Trinajstić information content (AvgIpc) is 2.79. The van der Waals surface area contributed by atoms with Gasteiger partial charge in [0.1, 0.15) is 0 Å². The Morgan fingerprint density at radius 3 is 2.59 bits per heavy atom. The molecular weight excluding hydrogens is 214 g/mol.